The van der Waals surface area contributed by atoms with Gasteiger partial charge in [-0.25, -0.2) is 9.97 Å². The number of methoxy groups -OCH3 is 1. The number of anilines is 1. The molecular weight excluding hydrogens is 268 g/mol. The van der Waals surface area contributed by atoms with Gasteiger partial charge in [-0.1, -0.05) is 0 Å². The number of rotatable bonds is 2. The summed E-state index contributed by atoms with van der Waals surface area (Å²) in [7, 11) is 1.60. The van der Waals surface area contributed by atoms with Crippen molar-refractivity contribution in [2.75, 3.05) is 19.4 Å². The van der Waals surface area contributed by atoms with Crippen LogP contribution in [0.3, 0.4) is 0 Å². The number of amides is 1. The maximum Gasteiger partial charge on any atom is 0.254 e. The molecule has 108 valence electrons. The van der Waals surface area contributed by atoms with E-state index < -0.39 is 0 Å². The first-order valence-corrected chi connectivity index (χ1v) is 6.71. The fourth-order valence-corrected chi connectivity index (χ4v) is 2.41. The van der Waals surface area contributed by atoms with Gasteiger partial charge in [-0.05, 0) is 36.2 Å². The van der Waals surface area contributed by atoms with Crippen LogP contribution in [-0.2, 0) is 13.0 Å². The van der Waals surface area contributed by atoms with Gasteiger partial charge >= 0.3 is 0 Å². The molecule has 0 aliphatic carbocycles. The summed E-state index contributed by atoms with van der Waals surface area (Å²) in [5.74, 6) is 0.962. The molecule has 1 amide bonds. The Bertz CT molecular complexity index is 670. The Morgan fingerprint density at radius 2 is 2.10 bits per heavy atom. The Balaban J connectivity index is 1.79. The van der Waals surface area contributed by atoms with Crippen molar-refractivity contribution in [2.45, 2.75) is 13.0 Å². The highest BCUT2D eigenvalue weighted by Crippen LogP contribution is 2.20. The highest BCUT2D eigenvalue weighted by Gasteiger charge is 2.23. The van der Waals surface area contributed by atoms with Crippen LogP contribution in [0, 0.1) is 0 Å². The number of nitrogen functional groups attached to an aromatic ring is 1. The van der Waals surface area contributed by atoms with Gasteiger partial charge in [-0.15, -0.1) is 0 Å². The zero-order valence-corrected chi connectivity index (χ0v) is 11.7. The summed E-state index contributed by atoms with van der Waals surface area (Å²) in [6.45, 7) is 1.12. The van der Waals surface area contributed by atoms with E-state index in [-0.39, 0.29) is 11.9 Å². The summed E-state index contributed by atoms with van der Waals surface area (Å²) in [6, 6.07) is 7.10. The number of hydrogen-bond donors (Lipinski definition) is 1. The van der Waals surface area contributed by atoms with Crippen LogP contribution in [0.1, 0.15) is 21.6 Å². The minimum absolute atomic E-state index is 0.0134. The number of nitrogens with zero attached hydrogens (tertiary/aromatic N) is 3. The Hall–Kier alpha value is -2.63. The first-order valence-electron chi connectivity index (χ1n) is 6.71. The first kappa shape index (κ1) is 13.4. The topological polar surface area (TPSA) is 81.3 Å². The van der Waals surface area contributed by atoms with E-state index in [1.54, 1.807) is 42.5 Å². The summed E-state index contributed by atoms with van der Waals surface area (Å²) >= 11 is 0. The number of aromatic nitrogens is 2. The average Bonchev–Trinajstić information content (AvgIpc) is 2.53. The van der Waals surface area contributed by atoms with Gasteiger partial charge in [0.15, 0.2) is 0 Å². The first-order chi connectivity index (χ1) is 10.2. The van der Waals surface area contributed by atoms with E-state index in [1.807, 2.05) is 0 Å². The van der Waals surface area contributed by atoms with E-state index in [1.165, 1.54) is 0 Å². The van der Waals surface area contributed by atoms with Crippen molar-refractivity contribution >= 4 is 11.9 Å². The van der Waals surface area contributed by atoms with E-state index in [0.717, 1.165) is 23.4 Å². The molecule has 0 spiro atoms. The molecule has 3 rings (SSSR count). The average molecular weight is 284 g/mol. The molecule has 1 aromatic heterocycles. The SMILES string of the molecule is COc1ccc(C(=O)N2CCc3cnc(N)nc3C2)cc1. The van der Waals surface area contributed by atoms with Crippen LogP contribution >= 0.6 is 0 Å². The van der Waals surface area contributed by atoms with Gasteiger partial charge in [0, 0.05) is 18.3 Å². The maximum atomic E-state index is 12.5. The normalized spacial score (nSPS) is 13.7. The third kappa shape index (κ3) is 2.65. The lowest BCUT2D eigenvalue weighted by molar-refractivity contribution is 0.0731. The Morgan fingerprint density at radius 3 is 2.81 bits per heavy atom. The fraction of sp³-hybridized carbons (Fsp3) is 0.267. The molecule has 0 unspecified atom stereocenters. The molecule has 2 heterocycles. The van der Waals surface area contributed by atoms with Crippen LogP contribution < -0.4 is 10.5 Å². The largest absolute Gasteiger partial charge is 0.497 e. The molecule has 0 radical (unpaired) electrons. The molecule has 0 fully saturated rings. The van der Waals surface area contributed by atoms with Crippen LogP contribution in [0.15, 0.2) is 30.5 Å². The lowest BCUT2D eigenvalue weighted by Gasteiger charge is -2.28. The van der Waals surface area contributed by atoms with Crippen LogP contribution in [0.2, 0.25) is 0 Å². The second kappa shape index (κ2) is 5.40. The third-order valence-electron chi connectivity index (χ3n) is 3.59. The van der Waals surface area contributed by atoms with E-state index in [2.05, 4.69) is 9.97 Å². The summed E-state index contributed by atoms with van der Waals surface area (Å²) in [4.78, 5) is 22.5. The van der Waals surface area contributed by atoms with Crippen molar-refractivity contribution in [3.8, 4) is 5.75 Å². The van der Waals surface area contributed by atoms with E-state index in [9.17, 15) is 4.79 Å². The van der Waals surface area contributed by atoms with Crippen molar-refractivity contribution in [1.82, 2.24) is 14.9 Å². The van der Waals surface area contributed by atoms with Crippen LogP contribution in [0.25, 0.3) is 0 Å². The maximum absolute atomic E-state index is 12.5. The molecule has 21 heavy (non-hydrogen) atoms. The minimum Gasteiger partial charge on any atom is -0.497 e. The monoisotopic (exact) mass is 284 g/mol. The Morgan fingerprint density at radius 1 is 1.33 bits per heavy atom. The highest BCUT2D eigenvalue weighted by molar-refractivity contribution is 5.94. The number of hydrogen-bond acceptors (Lipinski definition) is 5. The number of benzene rings is 1. The van der Waals surface area contributed by atoms with Gasteiger partial charge in [0.05, 0.1) is 19.3 Å². The predicted octanol–water partition coefficient (Wildman–Crippen LogP) is 1.27. The molecule has 1 aliphatic rings. The lowest BCUT2D eigenvalue weighted by Crippen LogP contribution is -2.36. The van der Waals surface area contributed by atoms with Gasteiger partial charge in [0.1, 0.15) is 5.75 Å². The van der Waals surface area contributed by atoms with Crippen molar-refractivity contribution in [1.29, 1.82) is 0 Å². The second-order valence-corrected chi connectivity index (χ2v) is 4.91. The third-order valence-corrected chi connectivity index (χ3v) is 3.59. The van der Waals surface area contributed by atoms with E-state index in [0.29, 0.717) is 18.7 Å². The molecule has 0 saturated heterocycles. The summed E-state index contributed by atoms with van der Waals surface area (Å²) in [5, 5.41) is 0. The van der Waals surface area contributed by atoms with Crippen molar-refractivity contribution in [3.05, 3.63) is 47.3 Å². The summed E-state index contributed by atoms with van der Waals surface area (Å²) in [5.41, 5.74) is 8.13. The zero-order valence-electron chi connectivity index (χ0n) is 11.7. The second-order valence-electron chi connectivity index (χ2n) is 4.91. The molecule has 0 saturated carbocycles. The van der Waals surface area contributed by atoms with Gasteiger partial charge < -0.3 is 15.4 Å². The van der Waals surface area contributed by atoms with E-state index >= 15 is 0 Å². The number of carbonyl (C=O) groups excluding carboxylic acids is 1. The van der Waals surface area contributed by atoms with Gasteiger partial charge in [0.2, 0.25) is 5.95 Å². The molecule has 1 aromatic carbocycles. The number of carbonyl (C=O) groups is 1. The van der Waals surface area contributed by atoms with Crippen molar-refractivity contribution in [3.63, 3.8) is 0 Å². The van der Waals surface area contributed by atoms with Crippen LogP contribution in [0.5, 0.6) is 5.75 Å². The van der Waals surface area contributed by atoms with Gasteiger partial charge in [-0.2, -0.15) is 0 Å². The molecule has 6 heteroatoms. The number of fused-ring (bicyclic) bond motifs is 1. The summed E-state index contributed by atoms with van der Waals surface area (Å²) < 4.78 is 5.10. The lowest BCUT2D eigenvalue weighted by atomic mass is 10.1. The van der Waals surface area contributed by atoms with Crippen molar-refractivity contribution < 1.29 is 9.53 Å². The molecule has 6 nitrogen and oxygen atoms in total. The predicted molar refractivity (Wildman–Crippen MR) is 77.9 cm³/mol. The number of nitrogens with two attached hydrogens (primary N) is 1. The fourth-order valence-electron chi connectivity index (χ4n) is 2.41. The molecular formula is C15H16N4O2. The Kier molecular flexibility index (Phi) is 3.43. The number of ether oxygens (including phenoxy) is 1. The smallest absolute Gasteiger partial charge is 0.254 e. The molecule has 2 aromatic rings. The van der Waals surface area contributed by atoms with Gasteiger partial charge in [0.25, 0.3) is 5.91 Å². The molecule has 0 bridgehead atoms. The molecule has 2 N–H and O–H groups in total. The van der Waals surface area contributed by atoms with Crippen LogP contribution in [0.4, 0.5) is 5.95 Å². The van der Waals surface area contributed by atoms with Crippen molar-refractivity contribution in [2.24, 2.45) is 0 Å². The van der Waals surface area contributed by atoms with E-state index in [4.69, 9.17) is 10.5 Å². The molecule has 0 atom stereocenters. The van der Waals surface area contributed by atoms with Gasteiger partial charge in [-0.3, -0.25) is 4.79 Å². The van der Waals surface area contributed by atoms with Crippen LogP contribution in [-0.4, -0.2) is 34.4 Å². The standard InChI is InChI=1S/C15H16N4O2/c1-21-12-4-2-10(3-5-12)14(20)19-7-6-11-8-17-15(16)18-13(11)9-19/h2-5,8H,6-7,9H2,1H3,(H2,16,17,18). The molecule has 1 aliphatic heterocycles. The quantitative estimate of drug-likeness (QED) is 0.898. The highest BCUT2D eigenvalue weighted by atomic mass is 16.5. The Labute approximate surface area is 122 Å². The zero-order chi connectivity index (χ0) is 14.8. The minimum atomic E-state index is -0.0134. The summed E-state index contributed by atoms with van der Waals surface area (Å²) in [6.07, 6.45) is 2.49.